The minimum atomic E-state index is -0.871. The molecule has 9 nitrogen and oxygen atoms in total. The lowest BCUT2D eigenvalue weighted by Crippen LogP contribution is -2.46. The van der Waals surface area contributed by atoms with Crippen LogP contribution < -0.4 is 5.32 Å². The van der Waals surface area contributed by atoms with Gasteiger partial charge in [-0.15, -0.1) is 0 Å². The first-order valence-electron chi connectivity index (χ1n) is 13.0. The van der Waals surface area contributed by atoms with Gasteiger partial charge in [0.25, 0.3) is 11.6 Å². The van der Waals surface area contributed by atoms with Crippen LogP contribution in [0.2, 0.25) is 0 Å². The molecule has 2 heterocycles. The second-order valence-electron chi connectivity index (χ2n) is 9.68. The van der Waals surface area contributed by atoms with Crippen LogP contribution in [0.4, 0.5) is 5.69 Å². The van der Waals surface area contributed by atoms with Crippen molar-refractivity contribution in [3.05, 3.63) is 106 Å². The topological polar surface area (TPSA) is 127 Å². The maximum absolute atomic E-state index is 13.6. The van der Waals surface area contributed by atoms with Gasteiger partial charge in [0.05, 0.1) is 16.1 Å². The van der Waals surface area contributed by atoms with E-state index in [9.17, 15) is 19.7 Å². The minimum Gasteiger partial charge on any atom is -0.459 e. The molecule has 0 spiro atoms. The van der Waals surface area contributed by atoms with Gasteiger partial charge in [0, 0.05) is 34.0 Å². The van der Waals surface area contributed by atoms with Crippen LogP contribution in [0.1, 0.15) is 36.3 Å². The van der Waals surface area contributed by atoms with Crippen molar-refractivity contribution in [3.63, 3.8) is 0 Å². The number of nitrogens with zero attached hydrogens (tertiary/aromatic N) is 2. The molecule has 3 aromatic carbocycles. The van der Waals surface area contributed by atoms with E-state index in [-0.39, 0.29) is 23.9 Å². The monoisotopic (exact) mass is 536 g/mol. The third-order valence-electron chi connectivity index (χ3n) is 7.06. The SMILES string of the molecule is CC[C@H](C)[C@H](NC(=O)c1cc2c([nH]c3ccccc32)c(-c2ccc([N+](=O)[O-])cc2)n1)C(=O)OCc1ccccc1. The lowest BCUT2D eigenvalue weighted by molar-refractivity contribution is -0.384. The van der Waals surface area contributed by atoms with Crippen molar-refractivity contribution in [1.29, 1.82) is 0 Å². The predicted octanol–water partition coefficient (Wildman–Crippen LogP) is 6.18. The average molecular weight is 537 g/mol. The van der Waals surface area contributed by atoms with Crippen molar-refractivity contribution in [3.8, 4) is 11.3 Å². The molecule has 2 aromatic heterocycles. The van der Waals surface area contributed by atoms with Gasteiger partial charge in [-0.05, 0) is 35.7 Å². The Hall–Kier alpha value is -5.05. The number of carbonyl (C=O) groups is 2. The number of aromatic amines is 1. The van der Waals surface area contributed by atoms with Gasteiger partial charge in [0.2, 0.25) is 0 Å². The van der Waals surface area contributed by atoms with Gasteiger partial charge in [0.15, 0.2) is 0 Å². The summed E-state index contributed by atoms with van der Waals surface area (Å²) in [5.41, 5.74) is 3.57. The molecule has 1 amide bonds. The largest absolute Gasteiger partial charge is 0.459 e. The molecule has 5 aromatic rings. The summed E-state index contributed by atoms with van der Waals surface area (Å²) >= 11 is 0. The average Bonchev–Trinajstić information content (AvgIpc) is 3.37. The number of H-pyrrole nitrogens is 1. The van der Waals surface area contributed by atoms with Gasteiger partial charge < -0.3 is 15.0 Å². The lowest BCUT2D eigenvalue weighted by atomic mass is 9.99. The molecule has 0 fully saturated rings. The second-order valence-corrected chi connectivity index (χ2v) is 9.68. The van der Waals surface area contributed by atoms with Crippen LogP contribution in [-0.4, -0.2) is 32.8 Å². The number of fused-ring (bicyclic) bond motifs is 3. The van der Waals surface area contributed by atoms with E-state index in [0.717, 1.165) is 21.9 Å². The van der Waals surface area contributed by atoms with Crippen molar-refractivity contribution in [2.45, 2.75) is 32.9 Å². The summed E-state index contributed by atoms with van der Waals surface area (Å²) in [6.45, 7) is 3.93. The molecule has 202 valence electrons. The fraction of sp³-hybridized carbons (Fsp3) is 0.194. The number of hydrogen-bond acceptors (Lipinski definition) is 6. The van der Waals surface area contributed by atoms with E-state index in [1.807, 2.05) is 68.4 Å². The zero-order valence-electron chi connectivity index (χ0n) is 22.1. The third-order valence-corrected chi connectivity index (χ3v) is 7.06. The Morgan fingerprint density at radius 1 is 1.00 bits per heavy atom. The summed E-state index contributed by atoms with van der Waals surface area (Å²) < 4.78 is 5.55. The number of aromatic nitrogens is 2. The van der Waals surface area contributed by atoms with Crippen LogP contribution >= 0.6 is 0 Å². The number of nitro groups is 1. The summed E-state index contributed by atoms with van der Waals surface area (Å²) in [5.74, 6) is -1.22. The molecule has 0 aliphatic heterocycles. The number of non-ortho nitro benzene ring substituents is 1. The van der Waals surface area contributed by atoms with Crippen LogP contribution in [0.3, 0.4) is 0 Å². The Bertz CT molecular complexity index is 1700. The molecule has 0 saturated heterocycles. The fourth-order valence-electron chi connectivity index (χ4n) is 4.61. The van der Waals surface area contributed by atoms with E-state index in [4.69, 9.17) is 4.74 Å². The van der Waals surface area contributed by atoms with Crippen molar-refractivity contribution in [2.24, 2.45) is 5.92 Å². The maximum atomic E-state index is 13.6. The first-order valence-corrected chi connectivity index (χ1v) is 13.0. The van der Waals surface area contributed by atoms with Gasteiger partial charge in [-0.3, -0.25) is 14.9 Å². The van der Waals surface area contributed by atoms with Gasteiger partial charge >= 0.3 is 5.97 Å². The molecule has 0 aliphatic rings. The number of benzene rings is 3. The highest BCUT2D eigenvalue weighted by Crippen LogP contribution is 2.33. The van der Waals surface area contributed by atoms with Crippen molar-refractivity contribution in [1.82, 2.24) is 15.3 Å². The number of esters is 1. The molecule has 2 N–H and O–H groups in total. The molecule has 0 unspecified atom stereocenters. The summed E-state index contributed by atoms with van der Waals surface area (Å²) in [6, 6.07) is 23.9. The smallest absolute Gasteiger partial charge is 0.329 e. The highest BCUT2D eigenvalue weighted by Gasteiger charge is 2.29. The van der Waals surface area contributed by atoms with Gasteiger partial charge in [-0.25, -0.2) is 9.78 Å². The summed E-state index contributed by atoms with van der Waals surface area (Å²) in [4.78, 5) is 45.4. The molecule has 40 heavy (non-hydrogen) atoms. The van der Waals surface area contributed by atoms with Crippen LogP contribution in [0.5, 0.6) is 0 Å². The Balaban J connectivity index is 1.51. The predicted molar refractivity (Wildman–Crippen MR) is 153 cm³/mol. The first kappa shape index (κ1) is 26.6. The molecule has 0 radical (unpaired) electrons. The molecule has 2 atom stereocenters. The van der Waals surface area contributed by atoms with Crippen molar-refractivity contribution >= 4 is 39.4 Å². The fourth-order valence-corrected chi connectivity index (χ4v) is 4.61. The Kier molecular flexibility index (Phi) is 7.54. The van der Waals surface area contributed by atoms with E-state index in [1.165, 1.54) is 12.1 Å². The van der Waals surface area contributed by atoms with E-state index < -0.39 is 22.8 Å². The number of hydrogen-bond donors (Lipinski definition) is 2. The van der Waals surface area contributed by atoms with E-state index in [2.05, 4.69) is 15.3 Å². The highest BCUT2D eigenvalue weighted by atomic mass is 16.6. The van der Waals surface area contributed by atoms with E-state index >= 15 is 0 Å². The quantitative estimate of drug-likeness (QED) is 0.132. The van der Waals surface area contributed by atoms with Gasteiger partial charge in [0.1, 0.15) is 18.3 Å². The Morgan fingerprint density at radius 3 is 2.40 bits per heavy atom. The third kappa shape index (κ3) is 5.40. The molecule has 9 heteroatoms. The minimum absolute atomic E-state index is 0.0454. The maximum Gasteiger partial charge on any atom is 0.329 e. The molecule has 0 bridgehead atoms. The number of ether oxygens (including phenoxy) is 1. The number of para-hydroxylation sites is 1. The summed E-state index contributed by atoms with van der Waals surface area (Å²) in [5, 5.41) is 15.7. The Morgan fingerprint density at radius 2 is 1.70 bits per heavy atom. The lowest BCUT2D eigenvalue weighted by Gasteiger charge is -2.22. The number of carbonyl (C=O) groups excluding carboxylic acids is 2. The first-order chi connectivity index (χ1) is 19.4. The second kappa shape index (κ2) is 11.4. The number of pyridine rings is 1. The van der Waals surface area contributed by atoms with Crippen LogP contribution in [0, 0.1) is 16.0 Å². The van der Waals surface area contributed by atoms with Gasteiger partial charge in [-0.1, -0.05) is 68.8 Å². The van der Waals surface area contributed by atoms with Crippen molar-refractivity contribution < 1.29 is 19.2 Å². The highest BCUT2D eigenvalue weighted by molar-refractivity contribution is 6.13. The van der Waals surface area contributed by atoms with Crippen LogP contribution in [0.25, 0.3) is 33.1 Å². The standard InChI is InChI=1S/C31H28N4O5/c1-3-19(2)27(31(37)40-18-20-9-5-4-6-10-20)34-30(36)26-17-24-23-11-7-8-12-25(23)32-29(24)28(33-26)21-13-15-22(16-14-21)35(38)39/h4-17,19,27,32H,3,18H2,1-2H3,(H,34,36)/t19-,27-/m0/s1. The van der Waals surface area contributed by atoms with Crippen LogP contribution in [0.15, 0.2) is 84.9 Å². The molecule has 0 aliphatic carbocycles. The molecule has 5 rings (SSSR count). The zero-order valence-corrected chi connectivity index (χ0v) is 22.1. The van der Waals surface area contributed by atoms with Crippen molar-refractivity contribution in [2.75, 3.05) is 0 Å². The summed E-state index contributed by atoms with van der Waals surface area (Å²) in [7, 11) is 0. The van der Waals surface area contributed by atoms with E-state index in [1.54, 1.807) is 18.2 Å². The summed E-state index contributed by atoms with van der Waals surface area (Å²) in [6.07, 6.45) is 0.647. The number of nitro benzene ring substituents is 1. The number of rotatable bonds is 9. The number of amides is 1. The normalized spacial score (nSPS) is 12.7. The number of nitrogens with one attached hydrogen (secondary N) is 2. The Labute approximate surface area is 230 Å². The zero-order chi connectivity index (χ0) is 28.2. The van der Waals surface area contributed by atoms with Gasteiger partial charge in [-0.2, -0.15) is 0 Å². The van der Waals surface area contributed by atoms with E-state index in [0.29, 0.717) is 23.2 Å². The molecular weight excluding hydrogens is 508 g/mol. The van der Waals surface area contributed by atoms with Crippen LogP contribution in [-0.2, 0) is 16.1 Å². The molecule has 0 saturated carbocycles. The molecular formula is C31H28N4O5.